The molecule has 0 atom stereocenters. The van der Waals surface area contributed by atoms with Crippen molar-refractivity contribution in [2.75, 3.05) is 0 Å². The number of carbonyl (C=O) groups is 1. The summed E-state index contributed by atoms with van der Waals surface area (Å²) in [5.41, 5.74) is 5.14. The minimum absolute atomic E-state index is 0.206. The lowest BCUT2D eigenvalue weighted by atomic mass is 10.1. The van der Waals surface area contributed by atoms with E-state index in [0.29, 0.717) is 35.6 Å². The second kappa shape index (κ2) is 10.5. The first kappa shape index (κ1) is 22.2. The van der Waals surface area contributed by atoms with Crippen molar-refractivity contribution in [1.29, 1.82) is 5.26 Å². The predicted octanol–water partition coefficient (Wildman–Crippen LogP) is 5.58. The number of ether oxygens (including phenoxy) is 1. The number of nitriles is 1. The number of thiazole rings is 1. The van der Waals surface area contributed by atoms with Gasteiger partial charge in [0.05, 0.1) is 22.8 Å². The van der Waals surface area contributed by atoms with E-state index in [9.17, 15) is 9.18 Å². The number of hydrogen-bond acceptors (Lipinski definition) is 5. The number of halogens is 1. The summed E-state index contributed by atoms with van der Waals surface area (Å²) in [4.78, 5) is 19.3. The molecule has 3 aromatic carbocycles. The lowest BCUT2D eigenvalue weighted by molar-refractivity contribution is 0.0729. The zero-order valence-corrected chi connectivity index (χ0v) is 18.5. The zero-order chi connectivity index (χ0) is 23.0. The van der Waals surface area contributed by atoms with Crippen LogP contribution in [0, 0.1) is 17.1 Å². The first-order valence-corrected chi connectivity index (χ1v) is 11.2. The maximum absolute atomic E-state index is 13.8. The molecule has 0 N–H and O–H groups in total. The van der Waals surface area contributed by atoms with Gasteiger partial charge in [-0.1, -0.05) is 30.3 Å². The molecule has 4 rings (SSSR count). The summed E-state index contributed by atoms with van der Waals surface area (Å²) >= 11 is 1.50. The largest absolute Gasteiger partial charge is 0.487 e. The molecule has 0 saturated carbocycles. The van der Waals surface area contributed by atoms with E-state index in [2.05, 4.69) is 11.1 Å². The molecule has 0 saturated heterocycles. The summed E-state index contributed by atoms with van der Waals surface area (Å²) < 4.78 is 19.5. The van der Waals surface area contributed by atoms with Crippen LogP contribution in [0.5, 0.6) is 5.75 Å². The van der Waals surface area contributed by atoms with Gasteiger partial charge in [0, 0.05) is 24.0 Å². The van der Waals surface area contributed by atoms with Crippen molar-refractivity contribution in [2.24, 2.45) is 0 Å². The number of nitrogens with zero attached hydrogens (tertiary/aromatic N) is 3. The molecule has 1 amide bonds. The number of rotatable bonds is 8. The van der Waals surface area contributed by atoms with Gasteiger partial charge in [0.15, 0.2) is 0 Å². The number of benzene rings is 3. The zero-order valence-electron chi connectivity index (χ0n) is 17.6. The first-order chi connectivity index (χ1) is 16.1. The van der Waals surface area contributed by atoms with Gasteiger partial charge in [-0.05, 0) is 53.6 Å². The highest BCUT2D eigenvalue weighted by Crippen LogP contribution is 2.20. The van der Waals surface area contributed by atoms with E-state index in [-0.39, 0.29) is 18.3 Å². The Morgan fingerprint density at radius 1 is 1.03 bits per heavy atom. The molecule has 33 heavy (non-hydrogen) atoms. The Kier molecular flexibility index (Phi) is 7.08. The van der Waals surface area contributed by atoms with Crippen LogP contribution in [0.3, 0.4) is 0 Å². The van der Waals surface area contributed by atoms with E-state index >= 15 is 0 Å². The molecule has 164 valence electrons. The molecule has 0 unspecified atom stereocenters. The Morgan fingerprint density at radius 2 is 1.82 bits per heavy atom. The minimum Gasteiger partial charge on any atom is -0.487 e. The maximum Gasteiger partial charge on any atom is 0.254 e. The average Bonchev–Trinajstić information content (AvgIpc) is 3.36. The Hall–Kier alpha value is -4.02. The van der Waals surface area contributed by atoms with Gasteiger partial charge in [-0.25, -0.2) is 9.37 Å². The van der Waals surface area contributed by atoms with Crippen molar-refractivity contribution >= 4 is 17.2 Å². The molecule has 1 heterocycles. The lowest BCUT2D eigenvalue weighted by Crippen LogP contribution is -2.30. The lowest BCUT2D eigenvalue weighted by Gasteiger charge is -2.23. The van der Waals surface area contributed by atoms with E-state index in [1.165, 1.54) is 23.5 Å². The Bertz CT molecular complexity index is 1270. The van der Waals surface area contributed by atoms with Crippen molar-refractivity contribution in [3.8, 4) is 11.8 Å². The van der Waals surface area contributed by atoms with Gasteiger partial charge in [-0.2, -0.15) is 5.26 Å². The van der Waals surface area contributed by atoms with Crippen LogP contribution in [0.15, 0.2) is 83.7 Å². The molecule has 1 aromatic heterocycles. The van der Waals surface area contributed by atoms with Crippen LogP contribution in [0.2, 0.25) is 0 Å². The molecule has 0 aliphatic carbocycles. The Balaban J connectivity index is 1.56. The third-order valence-electron chi connectivity index (χ3n) is 4.96. The third kappa shape index (κ3) is 6.03. The maximum atomic E-state index is 13.8. The van der Waals surface area contributed by atoms with Crippen molar-refractivity contribution in [1.82, 2.24) is 9.88 Å². The molecule has 4 aromatic rings. The van der Waals surface area contributed by atoms with Crippen LogP contribution in [0.4, 0.5) is 4.39 Å². The van der Waals surface area contributed by atoms with Crippen LogP contribution in [0.1, 0.15) is 32.7 Å². The van der Waals surface area contributed by atoms with Gasteiger partial charge in [0.2, 0.25) is 0 Å². The monoisotopic (exact) mass is 457 g/mol. The normalized spacial score (nSPS) is 10.4. The molecular weight excluding hydrogens is 437 g/mol. The van der Waals surface area contributed by atoms with E-state index in [1.807, 2.05) is 17.5 Å². The Labute approximate surface area is 195 Å². The van der Waals surface area contributed by atoms with Crippen LogP contribution in [-0.2, 0) is 19.7 Å². The van der Waals surface area contributed by atoms with Gasteiger partial charge in [0.1, 0.15) is 18.2 Å². The molecule has 0 spiro atoms. The second-order valence-electron chi connectivity index (χ2n) is 7.40. The summed E-state index contributed by atoms with van der Waals surface area (Å²) in [6.07, 6.45) is 0. The van der Waals surface area contributed by atoms with Gasteiger partial charge in [-0.15, -0.1) is 11.3 Å². The summed E-state index contributed by atoms with van der Waals surface area (Å²) in [7, 11) is 0. The number of amides is 1. The number of hydrogen-bond donors (Lipinski definition) is 0. The SMILES string of the molecule is N#Cc1ccc(CN(Cc2cccc(F)c2)C(=O)c2cccc(OCc3cscn3)c2)cc1. The van der Waals surface area contributed by atoms with E-state index in [1.54, 1.807) is 58.9 Å². The highest BCUT2D eigenvalue weighted by atomic mass is 32.1. The van der Waals surface area contributed by atoms with Crippen LogP contribution in [-0.4, -0.2) is 15.8 Å². The molecular formula is C26H20FN3O2S. The van der Waals surface area contributed by atoms with Crippen LogP contribution >= 0.6 is 11.3 Å². The quantitative estimate of drug-likeness (QED) is 0.347. The van der Waals surface area contributed by atoms with Gasteiger partial charge in [0.25, 0.3) is 5.91 Å². The highest BCUT2D eigenvalue weighted by molar-refractivity contribution is 7.07. The molecule has 7 heteroatoms. The van der Waals surface area contributed by atoms with Crippen molar-refractivity contribution in [3.05, 3.63) is 117 Å². The van der Waals surface area contributed by atoms with Gasteiger partial charge >= 0.3 is 0 Å². The Morgan fingerprint density at radius 3 is 2.55 bits per heavy atom. The van der Waals surface area contributed by atoms with Crippen molar-refractivity contribution in [2.45, 2.75) is 19.7 Å². The summed E-state index contributed by atoms with van der Waals surface area (Å²) in [5.74, 6) is 0.0105. The van der Waals surface area contributed by atoms with Crippen molar-refractivity contribution in [3.63, 3.8) is 0 Å². The fourth-order valence-corrected chi connectivity index (χ4v) is 3.87. The molecule has 0 aliphatic rings. The number of carbonyl (C=O) groups excluding carboxylic acids is 1. The van der Waals surface area contributed by atoms with Gasteiger partial charge < -0.3 is 9.64 Å². The predicted molar refractivity (Wildman–Crippen MR) is 124 cm³/mol. The molecule has 0 fully saturated rings. The fraction of sp³-hybridized carbons (Fsp3) is 0.115. The van der Waals surface area contributed by atoms with E-state index in [0.717, 1.165) is 11.3 Å². The van der Waals surface area contributed by atoms with E-state index < -0.39 is 0 Å². The molecule has 0 bridgehead atoms. The summed E-state index contributed by atoms with van der Waals surface area (Å²) in [5, 5.41) is 10.9. The highest BCUT2D eigenvalue weighted by Gasteiger charge is 2.18. The van der Waals surface area contributed by atoms with Gasteiger partial charge in [-0.3, -0.25) is 4.79 Å². The first-order valence-electron chi connectivity index (χ1n) is 10.2. The minimum atomic E-state index is -0.351. The van der Waals surface area contributed by atoms with Crippen molar-refractivity contribution < 1.29 is 13.9 Å². The van der Waals surface area contributed by atoms with Crippen LogP contribution < -0.4 is 4.74 Å². The summed E-state index contributed by atoms with van der Waals surface area (Å²) in [6.45, 7) is 0.866. The fourth-order valence-electron chi connectivity index (χ4n) is 3.33. The molecule has 0 aliphatic heterocycles. The molecule has 0 radical (unpaired) electrons. The van der Waals surface area contributed by atoms with Crippen LogP contribution in [0.25, 0.3) is 0 Å². The summed E-state index contributed by atoms with van der Waals surface area (Å²) in [6, 6.07) is 22.4. The standard InChI is InChI=1S/C26H20FN3O2S/c27-23-5-1-3-21(11-23)15-30(14-20-9-7-19(13-28)8-10-20)26(31)22-4-2-6-25(12-22)32-16-24-17-33-18-29-24/h1-12,17-18H,14-16H2. The third-order valence-corrected chi connectivity index (χ3v) is 5.59. The average molecular weight is 458 g/mol. The molecule has 5 nitrogen and oxygen atoms in total. The van der Waals surface area contributed by atoms with E-state index in [4.69, 9.17) is 10.00 Å². The number of aromatic nitrogens is 1. The second-order valence-corrected chi connectivity index (χ2v) is 8.11. The topological polar surface area (TPSA) is 66.2 Å². The smallest absolute Gasteiger partial charge is 0.254 e.